The van der Waals surface area contributed by atoms with Crippen molar-refractivity contribution in [3.8, 4) is 17.2 Å². The Labute approximate surface area is 388 Å². The van der Waals surface area contributed by atoms with Crippen LogP contribution in [0.5, 0.6) is 17.2 Å². The molecule has 0 aliphatic heterocycles. The summed E-state index contributed by atoms with van der Waals surface area (Å²) in [7, 11) is 0. The monoisotopic (exact) mass is 863 g/mol. The summed E-state index contributed by atoms with van der Waals surface area (Å²) in [5.74, 6) is 10.6. The van der Waals surface area contributed by atoms with Crippen molar-refractivity contribution in [2.24, 2.45) is 52.3 Å². The Balaban J connectivity index is 0.730. The van der Waals surface area contributed by atoms with E-state index in [1.54, 1.807) is 19.3 Å². The lowest BCUT2D eigenvalue weighted by Gasteiger charge is -2.59. The molecule has 0 saturated heterocycles. The molecule has 0 heterocycles. The molecule has 65 heavy (non-hydrogen) atoms. The first-order chi connectivity index (χ1) is 31.7. The standard InChI is InChI=1S/C62H70O3/c1-39(2)37-63-52-18-13-44(14-19-52)41(4)30-50(29-40(3)43-11-9-42(10-12-43)38-64-54-22-17-48-31-46-7-5-6-8-47(46)32-51(48)33-54)45-15-20-53(21-16-45)65-58-36-62-28-24-55-49-23-26-61(34-49)27-25-56(57(58)35-62)60(62)59(55)61/h5-22,31-33,39-41,49-50,55-60H,23-30,34-38H2,1-4H3. The largest absolute Gasteiger partial charge is 0.493 e. The lowest BCUT2D eigenvalue weighted by Crippen LogP contribution is -2.54. The zero-order valence-electron chi connectivity index (χ0n) is 39.4. The number of fused-ring (bicyclic) bond motifs is 6. The SMILES string of the molecule is CC(C)COc1ccc(C(C)CC(CC(C)c2ccc(COc3ccc4cc5ccccc5cc4c3)cc2)c2ccc(OC3CC45CCC6C7CCC8(CCC(C3C4)C5C68)C7)cc2)cc1. The summed E-state index contributed by atoms with van der Waals surface area (Å²) in [6, 6.07) is 47.1. The van der Waals surface area contributed by atoms with Gasteiger partial charge in [-0.25, -0.2) is 0 Å². The van der Waals surface area contributed by atoms with Crippen molar-refractivity contribution in [1.82, 2.24) is 0 Å². The van der Waals surface area contributed by atoms with Gasteiger partial charge >= 0.3 is 0 Å². The minimum absolute atomic E-state index is 0.399. The van der Waals surface area contributed by atoms with Crippen LogP contribution in [0, 0.1) is 52.3 Å². The van der Waals surface area contributed by atoms with Gasteiger partial charge in [0.15, 0.2) is 0 Å². The van der Waals surface area contributed by atoms with Crippen molar-refractivity contribution in [2.75, 3.05) is 6.61 Å². The summed E-state index contributed by atoms with van der Waals surface area (Å²) in [5.41, 5.74) is 6.71. The predicted octanol–water partition coefficient (Wildman–Crippen LogP) is 16.1. The van der Waals surface area contributed by atoms with Crippen LogP contribution in [0.25, 0.3) is 21.5 Å². The molecule has 3 heteroatoms. The van der Waals surface area contributed by atoms with Crippen LogP contribution in [0.15, 0.2) is 127 Å². The summed E-state index contributed by atoms with van der Waals surface area (Å²) < 4.78 is 19.5. The fourth-order valence-corrected chi connectivity index (χ4v) is 15.9. The van der Waals surface area contributed by atoms with Crippen LogP contribution < -0.4 is 14.2 Å². The molecule has 2 spiro atoms. The average Bonchev–Trinajstić information content (AvgIpc) is 4.09. The highest BCUT2D eigenvalue weighted by atomic mass is 16.5. The van der Waals surface area contributed by atoms with Crippen LogP contribution in [0.4, 0.5) is 0 Å². The molecular formula is C62H70O3. The van der Waals surface area contributed by atoms with E-state index in [-0.39, 0.29) is 0 Å². The second-order valence-corrected chi connectivity index (χ2v) is 23.0. The van der Waals surface area contributed by atoms with Crippen molar-refractivity contribution < 1.29 is 14.2 Å². The van der Waals surface area contributed by atoms with E-state index in [9.17, 15) is 0 Å². The third-order valence-corrected chi connectivity index (χ3v) is 18.8. The topological polar surface area (TPSA) is 27.7 Å². The minimum Gasteiger partial charge on any atom is -0.493 e. The number of hydrogen-bond acceptors (Lipinski definition) is 3. The first-order valence-electron chi connectivity index (χ1n) is 25.8. The van der Waals surface area contributed by atoms with Crippen LogP contribution >= 0.6 is 0 Å². The first kappa shape index (κ1) is 41.7. The maximum absolute atomic E-state index is 7.13. The zero-order valence-corrected chi connectivity index (χ0v) is 39.4. The molecule has 4 bridgehead atoms. The number of rotatable bonds is 15. The van der Waals surface area contributed by atoms with Crippen LogP contribution in [0.3, 0.4) is 0 Å². The van der Waals surface area contributed by atoms with Crippen molar-refractivity contribution in [3.05, 3.63) is 150 Å². The van der Waals surface area contributed by atoms with E-state index < -0.39 is 0 Å². The molecule has 6 aromatic carbocycles. The molecule has 0 aromatic heterocycles. The fourth-order valence-electron chi connectivity index (χ4n) is 15.9. The Kier molecular flexibility index (Phi) is 10.6. The van der Waals surface area contributed by atoms with Gasteiger partial charge in [0, 0.05) is 0 Å². The van der Waals surface area contributed by atoms with Crippen molar-refractivity contribution >= 4 is 21.5 Å². The van der Waals surface area contributed by atoms with Gasteiger partial charge in [0.1, 0.15) is 30.0 Å². The molecule has 12 atom stereocenters. The van der Waals surface area contributed by atoms with Gasteiger partial charge in [-0.1, -0.05) is 107 Å². The lowest BCUT2D eigenvalue weighted by molar-refractivity contribution is -0.119. The second-order valence-electron chi connectivity index (χ2n) is 23.0. The highest BCUT2D eigenvalue weighted by Crippen LogP contribution is 2.80. The molecule has 6 aliphatic carbocycles. The van der Waals surface area contributed by atoms with Crippen LogP contribution in [0.2, 0.25) is 0 Å². The lowest BCUT2D eigenvalue weighted by atomic mass is 9.46. The van der Waals surface area contributed by atoms with E-state index in [1.165, 1.54) is 82.3 Å². The van der Waals surface area contributed by atoms with Gasteiger partial charge in [-0.3, -0.25) is 0 Å². The Bertz CT molecular complexity index is 2650. The van der Waals surface area contributed by atoms with Crippen molar-refractivity contribution in [2.45, 2.75) is 129 Å². The average molecular weight is 863 g/mol. The van der Waals surface area contributed by atoms with Gasteiger partial charge < -0.3 is 14.2 Å². The third-order valence-electron chi connectivity index (χ3n) is 18.8. The highest BCUT2D eigenvalue weighted by Gasteiger charge is 2.74. The molecule has 336 valence electrons. The smallest absolute Gasteiger partial charge is 0.120 e. The number of benzene rings is 6. The summed E-state index contributed by atoms with van der Waals surface area (Å²) in [6.45, 7) is 10.5. The van der Waals surface area contributed by atoms with E-state index in [4.69, 9.17) is 14.2 Å². The maximum atomic E-state index is 7.13. The molecule has 6 fully saturated rings. The van der Waals surface area contributed by atoms with Crippen LogP contribution in [-0.2, 0) is 6.61 Å². The maximum Gasteiger partial charge on any atom is 0.120 e. The summed E-state index contributed by atoms with van der Waals surface area (Å²) in [6.07, 6.45) is 16.0. The van der Waals surface area contributed by atoms with E-state index in [0.717, 1.165) is 77.6 Å². The fraction of sp³-hybridized carbons (Fsp3) is 0.484. The van der Waals surface area contributed by atoms with Gasteiger partial charge in [0.25, 0.3) is 0 Å². The first-order valence-corrected chi connectivity index (χ1v) is 25.8. The van der Waals surface area contributed by atoms with E-state index >= 15 is 0 Å². The summed E-state index contributed by atoms with van der Waals surface area (Å²) in [5, 5.41) is 4.97. The molecule has 6 saturated carbocycles. The molecule has 0 amide bonds. The van der Waals surface area contributed by atoms with Crippen molar-refractivity contribution in [1.29, 1.82) is 0 Å². The number of ether oxygens (including phenoxy) is 3. The van der Waals surface area contributed by atoms with E-state index in [1.807, 2.05) is 0 Å². The minimum atomic E-state index is 0.399. The normalized spacial score (nSPS) is 30.7. The van der Waals surface area contributed by atoms with Gasteiger partial charge in [-0.2, -0.15) is 0 Å². The molecule has 6 aromatic rings. The highest BCUT2D eigenvalue weighted by molar-refractivity contribution is 5.98. The Morgan fingerprint density at radius 3 is 1.85 bits per heavy atom. The van der Waals surface area contributed by atoms with E-state index in [0.29, 0.717) is 41.8 Å². The molecule has 0 N–H and O–H groups in total. The molecule has 12 rings (SSSR count). The quantitative estimate of drug-likeness (QED) is 0.0963. The van der Waals surface area contributed by atoms with E-state index in [2.05, 4.69) is 155 Å². The predicted molar refractivity (Wildman–Crippen MR) is 266 cm³/mol. The molecule has 3 nitrogen and oxygen atoms in total. The Morgan fingerprint density at radius 1 is 0.508 bits per heavy atom. The Morgan fingerprint density at radius 2 is 1.11 bits per heavy atom. The van der Waals surface area contributed by atoms with Crippen molar-refractivity contribution in [3.63, 3.8) is 0 Å². The molecule has 0 radical (unpaired) electrons. The molecule has 12 unspecified atom stereocenters. The second kappa shape index (κ2) is 16.5. The summed E-state index contributed by atoms with van der Waals surface area (Å²) >= 11 is 0. The third kappa shape index (κ3) is 7.56. The molecule has 6 aliphatic rings. The van der Waals surface area contributed by atoms with Gasteiger partial charge in [-0.05, 0) is 233 Å². The number of hydrogen-bond donors (Lipinski definition) is 0. The van der Waals surface area contributed by atoms with Crippen LogP contribution in [-0.4, -0.2) is 12.7 Å². The zero-order chi connectivity index (χ0) is 43.9. The van der Waals surface area contributed by atoms with Gasteiger partial charge in [0.05, 0.1) is 6.61 Å². The molecular weight excluding hydrogens is 793 g/mol. The summed E-state index contributed by atoms with van der Waals surface area (Å²) in [4.78, 5) is 0. The Hall–Kier alpha value is -4.76. The van der Waals surface area contributed by atoms with Crippen LogP contribution in [0.1, 0.15) is 138 Å². The van der Waals surface area contributed by atoms with Gasteiger partial charge in [0.2, 0.25) is 0 Å². The van der Waals surface area contributed by atoms with Gasteiger partial charge in [-0.15, -0.1) is 0 Å².